The van der Waals surface area contributed by atoms with E-state index in [2.05, 4.69) is 9.88 Å². The van der Waals surface area contributed by atoms with Crippen molar-refractivity contribution in [1.82, 2.24) is 9.88 Å². The molecule has 2 aromatic carbocycles. The molecular formula is C18H16ClFN2O3S. The van der Waals surface area contributed by atoms with E-state index in [-0.39, 0.29) is 12.3 Å². The van der Waals surface area contributed by atoms with Gasteiger partial charge in [-0.2, -0.15) is 0 Å². The second kappa shape index (κ2) is 7.99. The van der Waals surface area contributed by atoms with Gasteiger partial charge in [0.2, 0.25) is 10.0 Å². The van der Waals surface area contributed by atoms with Crippen molar-refractivity contribution in [3.63, 3.8) is 0 Å². The highest BCUT2D eigenvalue weighted by Crippen LogP contribution is 2.22. The summed E-state index contributed by atoms with van der Waals surface area (Å²) in [5.41, 5.74) is 2.00. The number of hydrogen-bond acceptors (Lipinski definition) is 4. The van der Waals surface area contributed by atoms with Crippen molar-refractivity contribution >= 4 is 21.6 Å². The summed E-state index contributed by atoms with van der Waals surface area (Å²) in [4.78, 5) is 0. The fourth-order valence-corrected chi connectivity index (χ4v) is 3.64. The maximum absolute atomic E-state index is 12.9. The van der Waals surface area contributed by atoms with Gasteiger partial charge in [0, 0.05) is 29.6 Å². The van der Waals surface area contributed by atoms with Gasteiger partial charge in [-0.1, -0.05) is 28.9 Å². The van der Waals surface area contributed by atoms with Gasteiger partial charge >= 0.3 is 0 Å². The molecule has 8 heteroatoms. The van der Waals surface area contributed by atoms with Crippen LogP contribution in [0.15, 0.2) is 59.1 Å². The number of nitrogens with one attached hydrogen (secondary N) is 1. The number of hydrogen-bond donors (Lipinski definition) is 1. The van der Waals surface area contributed by atoms with Gasteiger partial charge in [0.25, 0.3) is 0 Å². The van der Waals surface area contributed by atoms with E-state index in [0.29, 0.717) is 28.5 Å². The van der Waals surface area contributed by atoms with Crippen LogP contribution in [0.4, 0.5) is 4.39 Å². The number of aromatic nitrogens is 1. The highest BCUT2D eigenvalue weighted by Gasteiger charge is 2.12. The Labute approximate surface area is 155 Å². The van der Waals surface area contributed by atoms with E-state index >= 15 is 0 Å². The van der Waals surface area contributed by atoms with Gasteiger partial charge in [0.15, 0.2) is 5.76 Å². The van der Waals surface area contributed by atoms with Gasteiger partial charge in [0.05, 0.1) is 11.4 Å². The predicted octanol–water partition coefficient (Wildman–Crippen LogP) is 3.80. The SMILES string of the molecule is O=S(=O)(Cc1ccc(F)cc1)NCCc1cc(-c2ccc(Cl)cc2)on1. The van der Waals surface area contributed by atoms with Crippen LogP contribution < -0.4 is 4.72 Å². The maximum Gasteiger partial charge on any atom is 0.215 e. The molecule has 0 saturated carbocycles. The van der Waals surface area contributed by atoms with Crippen LogP contribution in [0.3, 0.4) is 0 Å². The second-order valence-corrected chi connectivity index (χ2v) is 7.96. The van der Waals surface area contributed by atoms with Crippen molar-refractivity contribution < 1.29 is 17.3 Å². The first-order valence-electron chi connectivity index (χ1n) is 7.85. The Morgan fingerprint density at radius 3 is 2.46 bits per heavy atom. The van der Waals surface area contributed by atoms with E-state index in [4.69, 9.17) is 16.1 Å². The molecule has 0 bridgehead atoms. The van der Waals surface area contributed by atoms with E-state index in [0.717, 1.165) is 5.56 Å². The van der Waals surface area contributed by atoms with Gasteiger partial charge in [-0.3, -0.25) is 0 Å². The van der Waals surface area contributed by atoms with Gasteiger partial charge in [0.1, 0.15) is 5.82 Å². The minimum atomic E-state index is -3.51. The summed E-state index contributed by atoms with van der Waals surface area (Å²) < 4.78 is 44.8. The topological polar surface area (TPSA) is 72.2 Å². The fourth-order valence-electron chi connectivity index (χ4n) is 2.37. The van der Waals surface area contributed by atoms with Crippen molar-refractivity contribution in [2.45, 2.75) is 12.2 Å². The molecule has 0 aliphatic carbocycles. The summed E-state index contributed by atoms with van der Waals surface area (Å²) in [5, 5.41) is 4.57. The molecular weight excluding hydrogens is 379 g/mol. The zero-order chi connectivity index (χ0) is 18.6. The van der Waals surface area contributed by atoms with E-state index in [9.17, 15) is 12.8 Å². The molecule has 0 unspecified atom stereocenters. The van der Waals surface area contributed by atoms with E-state index < -0.39 is 15.8 Å². The number of rotatable bonds is 7. The summed E-state index contributed by atoms with van der Waals surface area (Å²) in [6, 6.07) is 14.3. The normalized spacial score (nSPS) is 11.6. The third-order valence-corrected chi connectivity index (χ3v) is 5.27. The van der Waals surface area contributed by atoms with Crippen LogP contribution in [0.5, 0.6) is 0 Å². The third kappa shape index (κ3) is 5.14. The first-order valence-corrected chi connectivity index (χ1v) is 9.88. The van der Waals surface area contributed by atoms with Gasteiger partial charge in [-0.05, 0) is 42.0 Å². The molecule has 0 spiro atoms. The molecule has 5 nitrogen and oxygen atoms in total. The zero-order valence-corrected chi connectivity index (χ0v) is 15.2. The highest BCUT2D eigenvalue weighted by atomic mass is 35.5. The van der Waals surface area contributed by atoms with E-state index in [1.54, 1.807) is 18.2 Å². The first kappa shape index (κ1) is 18.6. The Bertz CT molecular complexity index is 970. The predicted molar refractivity (Wildman–Crippen MR) is 97.7 cm³/mol. The average molecular weight is 395 g/mol. The molecule has 0 saturated heterocycles. The second-order valence-electron chi connectivity index (χ2n) is 5.72. The average Bonchev–Trinajstić information content (AvgIpc) is 3.06. The molecule has 26 heavy (non-hydrogen) atoms. The van der Waals surface area contributed by atoms with Gasteiger partial charge < -0.3 is 4.52 Å². The van der Waals surface area contributed by atoms with Crippen LogP contribution in [0.2, 0.25) is 5.02 Å². The number of nitrogens with zero attached hydrogens (tertiary/aromatic N) is 1. The van der Waals surface area contributed by atoms with Crippen LogP contribution >= 0.6 is 11.6 Å². The molecule has 1 heterocycles. The lowest BCUT2D eigenvalue weighted by molar-refractivity contribution is 0.423. The summed E-state index contributed by atoms with van der Waals surface area (Å²) in [7, 11) is -3.51. The molecule has 0 atom stereocenters. The molecule has 0 radical (unpaired) electrons. The molecule has 0 amide bonds. The van der Waals surface area contributed by atoms with Crippen molar-refractivity contribution in [3.8, 4) is 11.3 Å². The van der Waals surface area contributed by atoms with Gasteiger partial charge in [-0.25, -0.2) is 17.5 Å². The van der Waals surface area contributed by atoms with Crippen LogP contribution in [0, 0.1) is 5.82 Å². The molecule has 1 aromatic heterocycles. The van der Waals surface area contributed by atoms with Crippen LogP contribution in [-0.4, -0.2) is 20.1 Å². The van der Waals surface area contributed by atoms with Crippen molar-refractivity contribution in [1.29, 1.82) is 0 Å². The van der Waals surface area contributed by atoms with Crippen molar-refractivity contribution in [2.75, 3.05) is 6.54 Å². The maximum atomic E-state index is 12.9. The molecule has 136 valence electrons. The van der Waals surface area contributed by atoms with Crippen LogP contribution in [0.25, 0.3) is 11.3 Å². The highest BCUT2D eigenvalue weighted by molar-refractivity contribution is 7.88. The zero-order valence-electron chi connectivity index (χ0n) is 13.7. The molecule has 1 N–H and O–H groups in total. The lowest BCUT2D eigenvalue weighted by Gasteiger charge is -2.05. The summed E-state index contributed by atoms with van der Waals surface area (Å²) in [6.07, 6.45) is 0.389. The van der Waals surface area contributed by atoms with Gasteiger partial charge in [-0.15, -0.1) is 0 Å². The standard InChI is InChI=1S/C18H16ClFN2O3S/c19-15-5-3-14(4-6-15)18-11-17(22-25-18)9-10-21-26(23,24)12-13-1-7-16(20)8-2-13/h1-8,11,21H,9-10,12H2. The van der Waals surface area contributed by atoms with Crippen molar-refractivity contribution in [2.24, 2.45) is 0 Å². The van der Waals surface area contributed by atoms with Crippen LogP contribution in [0.1, 0.15) is 11.3 Å². The Morgan fingerprint density at radius 2 is 1.77 bits per heavy atom. The van der Waals surface area contributed by atoms with E-state index in [1.807, 2.05) is 12.1 Å². The Hall–Kier alpha value is -2.22. The summed E-state index contributed by atoms with van der Waals surface area (Å²) >= 11 is 5.85. The molecule has 3 aromatic rings. The number of benzene rings is 2. The largest absolute Gasteiger partial charge is 0.356 e. The summed E-state index contributed by atoms with van der Waals surface area (Å²) in [6.45, 7) is 0.191. The lowest BCUT2D eigenvalue weighted by atomic mass is 10.1. The number of sulfonamides is 1. The quantitative estimate of drug-likeness (QED) is 0.661. The smallest absolute Gasteiger partial charge is 0.215 e. The number of halogens is 2. The summed E-state index contributed by atoms with van der Waals surface area (Å²) in [5.74, 6) is -0.0188. The fraction of sp³-hybridized carbons (Fsp3) is 0.167. The molecule has 0 aliphatic rings. The molecule has 0 aliphatic heterocycles. The minimum absolute atomic E-state index is 0.191. The minimum Gasteiger partial charge on any atom is -0.356 e. The van der Waals surface area contributed by atoms with E-state index in [1.165, 1.54) is 24.3 Å². The Kier molecular flexibility index (Phi) is 5.70. The molecule has 3 rings (SSSR count). The lowest BCUT2D eigenvalue weighted by Crippen LogP contribution is -2.27. The molecule has 0 fully saturated rings. The third-order valence-electron chi connectivity index (χ3n) is 3.66. The Balaban J connectivity index is 1.54. The van der Waals surface area contributed by atoms with Crippen LogP contribution in [-0.2, 0) is 22.2 Å². The first-order chi connectivity index (χ1) is 12.4. The van der Waals surface area contributed by atoms with Crippen molar-refractivity contribution in [3.05, 3.63) is 76.7 Å². The monoisotopic (exact) mass is 394 g/mol. The Morgan fingerprint density at radius 1 is 1.08 bits per heavy atom.